The molecule has 0 saturated heterocycles. The summed E-state index contributed by atoms with van der Waals surface area (Å²) >= 11 is 0. The number of halogens is 2. The molecule has 1 atom stereocenters. The number of alkyl halides is 2. The maximum Gasteiger partial charge on any atom is 0.320 e. The van der Waals surface area contributed by atoms with Crippen molar-refractivity contribution in [3.63, 3.8) is 0 Å². The largest absolute Gasteiger partial charge is 0.454 e. The summed E-state index contributed by atoms with van der Waals surface area (Å²) in [6.07, 6.45) is 0. The van der Waals surface area contributed by atoms with Crippen molar-refractivity contribution in [2.24, 2.45) is 0 Å². The summed E-state index contributed by atoms with van der Waals surface area (Å²) in [5, 5.41) is 2.77. The van der Waals surface area contributed by atoms with Crippen molar-refractivity contribution in [2.45, 2.75) is 19.4 Å². The first-order valence-corrected chi connectivity index (χ1v) is 8.47. The van der Waals surface area contributed by atoms with Crippen LogP contribution < -0.4 is 14.8 Å². The molecule has 2 aromatic carbocycles. The molecule has 27 heavy (non-hydrogen) atoms. The molecule has 0 spiro atoms. The number of nitrogens with one attached hydrogen (secondary N) is 1. The Balaban J connectivity index is 1.51. The minimum absolute atomic E-state index is 0.126. The number of carbonyl (C=O) groups excluding carboxylic acids is 1. The van der Waals surface area contributed by atoms with Gasteiger partial charge in [0.25, 0.3) is 5.91 Å². The predicted molar refractivity (Wildman–Crippen MR) is 94.3 cm³/mol. The maximum absolute atomic E-state index is 13.6. The smallest absolute Gasteiger partial charge is 0.320 e. The van der Waals surface area contributed by atoms with E-state index in [-0.39, 0.29) is 25.1 Å². The molecule has 1 aliphatic heterocycles. The van der Waals surface area contributed by atoms with E-state index in [4.69, 9.17) is 9.47 Å². The maximum atomic E-state index is 13.6. The summed E-state index contributed by atoms with van der Waals surface area (Å²) in [6.45, 7) is -0.663. The van der Waals surface area contributed by atoms with Gasteiger partial charge in [0, 0.05) is 18.0 Å². The monoisotopic (exact) mass is 373 g/mol. The molecular formula is C19H17F2N3O3. The van der Waals surface area contributed by atoms with Gasteiger partial charge in [-0.15, -0.1) is 0 Å². The van der Waals surface area contributed by atoms with Crippen LogP contribution in [0.3, 0.4) is 0 Å². The highest BCUT2D eigenvalue weighted by molar-refractivity contribution is 5.95. The second kappa shape index (κ2) is 6.86. The number of amides is 1. The van der Waals surface area contributed by atoms with Crippen molar-refractivity contribution in [2.75, 3.05) is 13.3 Å². The zero-order valence-corrected chi connectivity index (χ0v) is 14.5. The Bertz CT molecular complexity index is 1000. The van der Waals surface area contributed by atoms with Gasteiger partial charge in [0.1, 0.15) is 5.82 Å². The molecule has 4 rings (SSSR count). The van der Waals surface area contributed by atoms with Gasteiger partial charge in [0.2, 0.25) is 6.79 Å². The Morgan fingerprint density at radius 2 is 2.00 bits per heavy atom. The van der Waals surface area contributed by atoms with Crippen LogP contribution in [0.4, 0.5) is 8.78 Å². The molecule has 6 nitrogen and oxygen atoms in total. The van der Waals surface area contributed by atoms with Crippen molar-refractivity contribution >= 4 is 16.9 Å². The Labute approximate surface area is 153 Å². The molecule has 8 heteroatoms. The standard InChI is InChI=1S/C19H17F2N3O3/c1-11(17-23-13-4-2-3-5-14(13)24(17)19(20)21)9-22-18(25)12-6-7-15-16(8-12)27-10-26-15/h2-8,11,19H,9-10H2,1H3,(H,22,25)/t11-/m0/s1. The normalized spacial score (nSPS) is 13.9. The van der Waals surface area contributed by atoms with Crippen LogP contribution in [0.15, 0.2) is 42.5 Å². The molecule has 0 fully saturated rings. The number of benzene rings is 2. The second-order valence-electron chi connectivity index (χ2n) is 6.29. The van der Waals surface area contributed by atoms with E-state index in [1.54, 1.807) is 49.4 Å². The van der Waals surface area contributed by atoms with Gasteiger partial charge in [-0.25, -0.2) is 4.98 Å². The van der Waals surface area contributed by atoms with E-state index in [0.29, 0.717) is 28.1 Å². The quantitative estimate of drug-likeness (QED) is 0.741. The Morgan fingerprint density at radius 3 is 2.81 bits per heavy atom. The van der Waals surface area contributed by atoms with Crippen molar-refractivity contribution in [3.8, 4) is 11.5 Å². The Kier molecular flexibility index (Phi) is 4.39. The van der Waals surface area contributed by atoms with E-state index in [9.17, 15) is 13.6 Å². The average Bonchev–Trinajstić information content (AvgIpc) is 3.29. The van der Waals surface area contributed by atoms with Gasteiger partial charge < -0.3 is 14.8 Å². The van der Waals surface area contributed by atoms with E-state index < -0.39 is 12.5 Å². The van der Waals surface area contributed by atoms with Gasteiger partial charge in [-0.05, 0) is 30.3 Å². The predicted octanol–water partition coefficient (Wildman–Crippen LogP) is 3.69. The molecule has 2 heterocycles. The molecule has 140 valence electrons. The lowest BCUT2D eigenvalue weighted by atomic mass is 10.1. The van der Waals surface area contributed by atoms with Crippen LogP contribution in [0.25, 0.3) is 11.0 Å². The zero-order valence-electron chi connectivity index (χ0n) is 14.5. The van der Waals surface area contributed by atoms with Crippen LogP contribution in [-0.4, -0.2) is 28.8 Å². The average molecular weight is 373 g/mol. The van der Waals surface area contributed by atoms with Gasteiger partial charge in [0.15, 0.2) is 11.5 Å². The third-order valence-corrected chi connectivity index (χ3v) is 4.46. The summed E-state index contributed by atoms with van der Waals surface area (Å²) in [4.78, 5) is 16.7. The number of rotatable bonds is 5. The van der Waals surface area contributed by atoms with Crippen LogP contribution in [0, 0.1) is 0 Å². The van der Waals surface area contributed by atoms with Crippen LogP contribution in [-0.2, 0) is 0 Å². The molecule has 0 saturated carbocycles. The summed E-state index contributed by atoms with van der Waals surface area (Å²) in [5.41, 5.74) is 1.28. The van der Waals surface area contributed by atoms with Gasteiger partial charge in [-0.1, -0.05) is 19.1 Å². The minimum Gasteiger partial charge on any atom is -0.454 e. The molecule has 1 amide bonds. The number of hydrogen-bond acceptors (Lipinski definition) is 4. The van der Waals surface area contributed by atoms with E-state index in [1.807, 2.05) is 0 Å². The lowest BCUT2D eigenvalue weighted by Crippen LogP contribution is -2.28. The number of carbonyl (C=O) groups is 1. The number of fused-ring (bicyclic) bond motifs is 2. The van der Waals surface area contributed by atoms with Gasteiger partial charge in [-0.2, -0.15) is 8.78 Å². The molecule has 1 N–H and O–H groups in total. The van der Waals surface area contributed by atoms with Crippen LogP contribution >= 0.6 is 0 Å². The molecule has 0 unspecified atom stereocenters. The molecule has 0 aliphatic carbocycles. The lowest BCUT2D eigenvalue weighted by molar-refractivity contribution is 0.0704. The first kappa shape index (κ1) is 17.3. The van der Waals surface area contributed by atoms with E-state index in [2.05, 4.69) is 10.3 Å². The third-order valence-electron chi connectivity index (χ3n) is 4.46. The van der Waals surface area contributed by atoms with Crippen LogP contribution in [0.1, 0.15) is 35.6 Å². The fraction of sp³-hybridized carbons (Fsp3) is 0.263. The number of para-hydroxylation sites is 2. The first-order chi connectivity index (χ1) is 13.0. The highest BCUT2D eigenvalue weighted by atomic mass is 19.3. The van der Waals surface area contributed by atoms with E-state index in [0.717, 1.165) is 4.57 Å². The number of imidazole rings is 1. The molecule has 0 bridgehead atoms. The lowest BCUT2D eigenvalue weighted by Gasteiger charge is -2.15. The Morgan fingerprint density at radius 1 is 1.22 bits per heavy atom. The summed E-state index contributed by atoms with van der Waals surface area (Å²) < 4.78 is 38.5. The molecule has 0 radical (unpaired) electrons. The number of nitrogens with zero attached hydrogens (tertiary/aromatic N) is 2. The summed E-state index contributed by atoms with van der Waals surface area (Å²) in [6, 6.07) is 11.6. The van der Waals surface area contributed by atoms with Crippen molar-refractivity contribution < 1.29 is 23.0 Å². The van der Waals surface area contributed by atoms with Gasteiger partial charge in [-0.3, -0.25) is 9.36 Å². The number of ether oxygens (including phenoxy) is 2. The Hall–Kier alpha value is -3.16. The zero-order chi connectivity index (χ0) is 19.0. The first-order valence-electron chi connectivity index (χ1n) is 8.47. The highest BCUT2D eigenvalue weighted by Crippen LogP contribution is 2.32. The molecular weight excluding hydrogens is 356 g/mol. The van der Waals surface area contributed by atoms with Crippen LogP contribution in [0.2, 0.25) is 0 Å². The van der Waals surface area contributed by atoms with Crippen molar-refractivity contribution in [1.82, 2.24) is 14.9 Å². The topological polar surface area (TPSA) is 65.4 Å². The van der Waals surface area contributed by atoms with Gasteiger partial charge in [0.05, 0.1) is 11.0 Å². The summed E-state index contributed by atoms with van der Waals surface area (Å²) in [7, 11) is 0. The third kappa shape index (κ3) is 3.18. The molecule has 1 aliphatic rings. The fourth-order valence-electron chi connectivity index (χ4n) is 3.09. The number of hydrogen-bond donors (Lipinski definition) is 1. The van der Waals surface area contributed by atoms with Crippen molar-refractivity contribution in [1.29, 1.82) is 0 Å². The highest BCUT2D eigenvalue weighted by Gasteiger charge is 2.22. The summed E-state index contributed by atoms with van der Waals surface area (Å²) in [5.74, 6) is 0.613. The number of aromatic nitrogens is 2. The van der Waals surface area contributed by atoms with Crippen molar-refractivity contribution in [3.05, 3.63) is 53.9 Å². The van der Waals surface area contributed by atoms with E-state index in [1.165, 1.54) is 0 Å². The molecule has 3 aromatic rings. The fourth-order valence-corrected chi connectivity index (χ4v) is 3.09. The molecule has 1 aromatic heterocycles. The second-order valence-corrected chi connectivity index (χ2v) is 6.29. The van der Waals surface area contributed by atoms with Gasteiger partial charge >= 0.3 is 6.55 Å². The minimum atomic E-state index is -2.71. The van der Waals surface area contributed by atoms with Crippen LogP contribution in [0.5, 0.6) is 11.5 Å². The SMILES string of the molecule is C[C@@H](CNC(=O)c1ccc2c(c1)OCO2)c1nc2ccccc2n1C(F)F. The van der Waals surface area contributed by atoms with E-state index >= 15 is 0 Å².